The Morgan fingerprint density at radius 2 is 1.81 bits per heavy atom. The van der Waals surface area contributed by atoms with Crippen molar-refractivity contribution in [2.75, 3.05) is 19.6 Å². The van der Waals surface area contributed by atoms with Gasteiger partial charge in [-0.3, -0.25) is 9.69 Å². The lowest BCUT2D eigenvalue weighted by Gasteiger charge is -2.26. The largest absolute Gasteiger partial charge is 0.364 e. The van der Waals surface area contributed by atoms with E-state index < -0.39 is 6.10 Å². The zero-order valence-corrected chi connectivity index (χ0v) is 13.6. The van der Waals surface area contributed by atoms with Crippen LogP contribution in [0.25, 0.3) is 0 Å². The Morgan fingerprint density at radius 3 is 2.38 bits per heavy atom. The van der Waals surface area contributed by atoms with Gasteiger partial charge in [0.05, 0.1) is 6.61 Å². The molecule has 1 aromatic rings. The molecule has 118 valence electrons. The van der Waals surface area contributed by atoms with Crippen LogP contribution in [0.15, 0.2) is 30.3 Å². The van der Waals surface area contributed by atoms with Crippen molar-refractivity contribution in [1.29, 1.82) is 0 Å². The third-order valence-electron chi connectivity index (χ3n) is 3.72. The third kappa shape index (κ3) is 6.27. The molecule has 0 bridgehead atoms. The van der Waals surface area contributed by atoms with E-state index in [9.17, 15) is 4.79 Å². The fourth-order valence-electron chi connectivity index (χ4n) is 2.24. The molecule has 1 N–H and O–H groups in total. The predicted octanol–water partition coefficient (Wildman–Crippen LogP) is 2.44. The summed E-state index contributed by atoms with van der Waals surface area (Å²) in [5.41, 5.74) is 1.08. The number of ether oxygens (including phenoxy) is 1. The molecule has 1 amide bonds. The highest BCUT2D eigenvalue weighted by molar-refractivity contribution is 5.80. The summed E-state index contributed by atoms with van der Waals surface area (Å²) in [4.78, 5) is 14.3. The highest BCUT2D eigenvalue weighted by Crippen LogP contribution is 2.03. The molecule has 0 aliphatic heterocycles. The number of nitrogens with one attached hydrogen (secondary N) is 1. The average molecular weight is 292 g/mol. The first kappa shape index (κ1) is 17.7. The smallest absolute Gasteiger partial charge is 0.248 e. The van der Waals surface area contributed by atoms with Crippen LogP contribution in [0.5, 0.6) is 0 Å². The minimum Gasteiger partial charge on any atom is -0.364 e. The van der Waals surface area contributed by atoms with E-state index in [0.717, 1.165) is 18.7 Å². The van der Waals surface area contributed by atoms with Gasteiger partial charge >= 0.3 is 0 Å². The maximum atomic E-state index is 12.0. The van der Waals surface area contributed by atoms with Gasteiger partial charge in [-0.05, 0) is 32.5 Å². The van der Waals surface area contributed by atoms with Gasteiger partial charge in [0.1, 0.15) is 6.10 Å². The molecule has 4 heteroatoms. The van der Waals surface area contributed by atoms with Gasteiger partial charge in [0.15, 0.2) is 0 Å². The van der Waals surface area contributed by atoms with E-state index in [2.05, 4.69) is 31.0 Å². The topological polar surface area (TPSA) is 41.6 Å². The molecule has 0 spiro atoms. The van der Waals surface area contributed by atoms with Gasteiger partial charge in [-0.2, -0.15) is 0 Å². The van der Waals surface area contributed by atoms with Crippen LogP contribution in [-0.4, -0.2) is 42.6 Å². The molecule has 0 saturated carbocycles. The number of carbonyl (C=O) groups excluding carboxylic acids is 1. The second-order valence-electron chi connectivity index (χ2n) is 5.25. The summed E-state index contributed by atoms with van der Waals surface area (Å²) in [6, 6.07) is 10.2. The highest BCUT2D eigenvalue weighted by Gasteiger charge is 2.16. The molecule has 1 aromatic carbocycles. The van der Waals surface area contributed by atoms with Crippen LogP contribution in [0.4, 0.5) is 0 Å². The Balaban J connectivity index is 2.31. The molecule has 0 aromatic heterocycles. The van der Waals surface area contributed by atoms with E-state index >= 15 is 0 Å². The lowest BCUT2D eigenvalue weighted by molar-refractivity contribution is -0.132. The number of amides is 1. The van der Waals surface area contributed by atoms with Crippen molar-refractivity contribution in [3.05, 3.63) is 35.9 Å². The molecule has 4 nitrogen and oxygen atoms in total. The van der Waals surface area contributed by atoms with E-state index in [0.29, 0.717) is 19.2 Å². The first-order chi connectivity index (χ1) is 10.1. The minimum absolute atomic E-state index is 0.0510. The molecule has 2 atom stereocenters. The number of rotatable bonds is 9. The molecule has 0 aliphatic carbocycles. The fraction of sp³-hybridized carbons (Fsp3) is 0.588. The number of carbonyl (C=O) groups is 1. The number of hydrogen-bond acceptors (Lipinski definition) is 3. The van der Waals surface area contributed by atoms with Crippen LogP contribution >= 0.6 is 0 Å². The average Bonchev–Trinajstić information content (AvgIpc) is 2.52. The molecule has 0 radical (unpaired) electrons. The van der Waals surface area contributed by atoms with E-state index in [1.54, 1.807) is 6.92 Å². The van der Waals surface area contributed by atoms with Crippen molar-refractivity contribution in [2.24, 2.45) is 0 Å². The molecule has 0 fully saturated rings. The first-order valence-electron chi connectivity index (χ1n) is 7.75. The van der Waals surface area contributed by atoms with E-state index in [1.165, 1.54) is 0 Å². The molecule has 0 saturated heterocycles. The molecular formula is C17H28N2O2. The number of likely N-dealkylation sites (N-methyl/N-ethyl adjacent to an activating group) is 1. The van der Waals surface area contributed by atoms with E-state index in [1.807, 2.05) is 30.3 Å². The SMILES string of the molecule is CCN(CC)[C@@H](C)CNC(=O)[C@H](C)OCc1ccccc1. The molecule has 1 rings (SSSR count). The van der Waals surface area contributed by atoms with Crippen molar-refractivity contribution in [3.63, 3.8) is 0 Å². The summed E-state index contributed by atoms with van der Waals surface area (Å²) in [5.74, 6) is -0.0510. The van der Waals surface area contributed by atoms with Crippen LogP contribution < -0.4 is 5.32 Å². The Hall–Kier alpha value is -1.39. The summed E-state index contributed by atoms with van der Waals surface area (Å²) >= 11 is 0. The Kier molecular flexibility index (Phi) is 8.01. The Labute approximate surface area is 128 Å². The second kappa shape index (κ2) is 9.53. The molecule has 0 heterocycles. The van der Waals surface area contributed by atoms with Crippen LogP contribution in [-0.2, 0) is 16.1 Å². The summed E-state index contributed by atoms with van der Waals surface area (Å²) in [5, 5.41) is 2.96. The Bertz CT molecular complexity index is 405. The van der Waals surface area contributed by atoms with Crippen LogP contribution in [0.3, 0.4) is 0 Å². The summed E-state index contributed by atoms with van der Waals surface area (Å²) in [6.07, 6.45) is -0.436. The molecular weight excluding hydrogens is 264 g/mol. The van der Waals surface area contributed by atoms with Crippen LogP contribution in [0.2, 0.25) is 0 Å². The van der Waals surface area contributed by atoms with Crippen molar-refractivity contribution in [1.82, 2.24) is 10.2 Å². The molecule has 0 unspecified atom stereocenters. The zero-order valence-electron chi connectivity index (χ0n) is 13.6. The van der Waals surface area contributed by atoms with Crippen molar-refractivity contribution < 1.29 is 9.53 Å². The van der Waals surface area contributed by atoms with Crippen molar-refractivity contribution in [2.45, 2.75) is 46.4 Å². The quantitative estimate of drug-likeness (QED) is 0.760. The normalized spacial score (nSPS) is 14.0. The summed E-state index contributed by atoms with van der Waals surface area (Å²) in [6.45, 7) is 11.3. The van der Waals surface area contributed by atoms with Gasteiger partial charge in [-0.1, -0.05) is 44.2 Å². The van der Waals surface area contributed by atoms with Gasteiger partial charge in [-0.15, -0.1) is 0 Å². The van der Waals surface area contributed by atoms with Gasteiger partial charge in [0, 0.05) is 12.6 Å². The lowest BCUT2D eigenvalue weighted by Crippen LogP contribution is -2.44. The second-order valence-corrected chi connectivity index (χ2v) is 5.25. The minimum atomic E-state index is -0.436. The van der Waals surface area contributed by atoms with Gasteiger partial charge in [0.25, 0.3) is 0 Å². The third-order valence-corrected chi connectivity index (χ3v) is 3.72. The maximum absolute atomic E-state index is 12.0. The van der Waals surface area contributed by atoms with Gasteiger partial charge in [0.2, 0.25) is 5.91 Å². The Morgan fingerprint density at radius 1 is 1.19 bits per heavy atom. The van der Waals surface area contributed by atoms with Crippen LogP contribution in [0.1, 0.15) is 33.3 Å². The van der Waals surface area contributed by atoms with Gasteiger partial charge in [-0.25, -0.2) is 0 Å². The van der Waals surface area contributed by atoms with Gasteiger partial charge < -0.3 is 10.1 Å². The summed E-state index contributed by atoms with van der Waals surface area (Å²) < 4.78 is 5.61. The summed E-state index contributed by atoms with van der Waals surface area (Å²) in [7, 11) is 0. The monoisotopic (exact) mass is 292 g/mol. The number of benzene rings is 1. The standard InChI is InChI=1S/C17H28N2O2/c1-5-19(6-2)14(3)12-18-17(20)15(4)21-13-16-10-8-7-9-11-16/h7-11,14-15H,5-6,12-13H2,1-4H3,(H,18,20)/t14-,15-/m0/s1. The lowest BCUT2D eigenvalue weighted by atomic mass is 10.2. The molecule has 21 heavy (non-hydrogen) atoms. The fourth-order valence-corrected chi connectivity index (χ4v) is 2.24. The van der Waals surface area contributed by atoms with E-state index in [-0.39, 0.29) is 5.91 Å². The van der Waals surface area contributed by atoms with Crippen molar-refractivity contribution in [3.8, 4) is 0 Å². The predicted molar refractivity (Wildman–Crippen MR) is 86.1 cm³/mol. The maximum Gasteiger partial charge on any atom is 0.248 e. The number of nitrogens with zero attached hydrogens (tertiary/aromatic N) is 1. The van der Waals surface area contributed by atoms with E-state index in [4.69, 9.17) is 4.74 Å². The first-order valence-corrected chi connectivity index (χ1v) is 7.75. The molecule has 0 aliphatic rings. The van der Waals surface area contributed by atoms with Crippen molar-refractivity contribution >= 4 is 5.91 Å². The van der Waals surface area contributed by atoms with Crippen LogP contribution in [0, 0.1) is 0 Å². The highest BCUT2D eigenvalue weighted by atomic mass is 16.5. The zero-order chi connectivity index (χ0) is 15.7. The number of hydrogen-bond donors (Lipinski definition) is 1.